The van der Waals surface area contributed by atoms with Crippen LogP contribution in [0.2, 0.25) is 0 Å². The maximum absolute atomic E-state index is 11.9. The van der Waals surface area contributed by atoms with E-state index in [1.54, 1.807) is 29.6 Å². The molecule has 7 heteroatoms. The highest BCUT2D eigenvalue weighted by atomic mass is 32.1. The van der Waals surface area contributed by atoms with Crippen LogP contribution in [0.1, 0.15) is 23.0 Å². The Kier molecular flexibility index (Phi) is 4.31. The van der Waals surface area contributed by atoms with Crippen molar-refractivity contribution in [1.82, 2.24) is 10.3 Å². The molecular weight excluding hydrogens is 276 g/mol. The number of nitrogens with two attached hydrogens (primary N) is 1. The minimum Gasteiger partial charge on any atom is -0.375 e. The number of rotatable bonds is 4. The van der Waals surface area contributed by atoms with Gasteiger partial charge in [0.05, 0.1) is 12.2 Å². The average Bonchev–Trinajstić information content (AvgIpc) is 2.82. The van der Waals surface area contributed by atoms with E-state index in [1.165, 1.54) is 18.3 Å². The zero-order valence-corrected chi connectivity index (χ0v) is 11.7. The maximum atomic E-state index is 11.9. The van der Waals surface area contributed by atoms with Crippen LogP contribution in [-0.2, 0) is 11.3 Å². The van der Waals surface area contributed by atoms with Gasteiger partial charge < -0.3 is 16.4 Å². The molecule has 0 saturated carbocycles. The van der Waals surface area contributed by atoms with E-state index in [0.29, 0.717) is 22.9 Å². The van der Waals surface area contributed by atoms with Crippen LogP contribution in [0.4, 0.5) is 10.8 Å². The first-order valence-electron chi connectivity index (χ1n) is 5.90. The van der Waals surface area contributed by atoms with E-state index in [2.05, 4.69) is 15.6 Å². The molecule has 0 saturated heterocycles. The zero-order chi connectivity index (χ0) is 14.5. The molecule has 20 heavy (non-hydrogen) atoms. The summed E-state index contributed by atoms with van der Waals surface area (Å²) in [5.41, 5.74) is 7.41. The molecule has 1 aromatic carbocycles. The van der Waals surface area contributed by atoms with Gasteiger partial charge in [0.25, 0.3) is 5.91 Å². The largest absolute Gasteiger partial charge is 0.375 e. The average molecular weight is 290 g/mol. The van der Waals surface area contributed by atoms with Gasteiger partial charge in [0.2, 0.25) is 5.91 Å². The van der Waals surface area contributed by atoms with Crippen molar-refractivity contribution in [2.45, 2.75) is 13.5 Å². The fraction of sp³-hybridized carbons (Fsp3) is 0.154. The van der Waals surface area contributed by atoms with Gasteiger partial charge >= 0.3 is 0 Å². The lowest BCUT2D eigenvalue weighted by Gasteiger charge is -2.05. The Hall–Kier alpha value is -2.41. The summed E-state index contributed by atoms with van der Waals surface area (Å²) in [6.45, 7) is 1.76. The Morgan fingerprint density at radius 1 is 1.30 bits per heavy atom. The summed E-state index contributed by atoms with van der Waals surface area (Å²) in [5, 5.41) is 7.67. The molecule has 0 atom stereocenters. The third-order valence-electron chi connectivity index (χ3n) is 2.47. The van der Waals surface area contributed by atoms with E-state index in [1.807, 2.05) is 0 Å². The molecule has 0 aliphatic carbocycles. The highest BCUT2D eigenvalue weighted by Gasteiger charge is 2.06. The number of hydrogen-bond acceptors (Lipinski definition) is 5. The van der Waals surface area contributed by atoms with Crippen LogP contribution in [0.15, 0.2) is 29.6 Å². The number of nitrogen functional groups attached to an aromatic ring is 1. The molecule has 1 heterocycles. The lowest BCUT2D eigenvalue weighted by atomic mass is 10.2. The lowest BCUT2D eigenvalue weighted by Crippen LogP contribution is -2.22. The Bertz CT molecular complexity index is 622. The van der Waals surface area contributed by atoms with Gasteiger partial charge in [-0.1, -0.05) is 0 Å². The van der Waals surface area contributed by atoms with Crippen LogP contribution in [0.3, 0.4) is 0 Å². The summed E-state index contributed by atoms with van der Waals surface area (Å²) < 4.78 is 0. The smallest absolute Gasteiger partial charge is 0.251 e. The number of aromatic nitrogens is 1. The molecule has 4 N–H and O–H groups in total. The number of anilines is 2. The van der Waals surface area contributed by atoms with Crippen molar-refractivity contribution in [2.24, 2.45) is 0 Å². The zero-order valence-electron chi connectivity index (χ0n) is 10.8. The normalized spacial score (nSPS) is 10.1. The molecule has 2 amide bonds. The van der Waals surface area contributed by atoms with Crippen LogP contribution in [0.25, 0.3) is 0 Å². The molecule has 2 aromatic rings. The van der Waals surface area contributed by atoms with Crippen LogP contribution in [0.5, 0.6) is 0 Å². The molecule has 1 aromatic heterocycles. The van der Waals surface area contributed by atoms with E-state index in [9.17, 15) is 9.59 Å². The van der Waals surface area contributed by atoms with E-state index in [0.717, 1.165) is 5.69 Å². The van der Waals surface area contributed by atoms with Crippen molar-refractivity contribution in [3.63, 3.8) is 0 Å². The summed E-state index contributed by atoms with van der Waals surface area (Å²) in [6, 6.07) is 6.65. The predicted octanol–water partition coefficient (Wildman–Crippen LogP) is 1.61. The van der Waals surface area contributed by atoms with E-state index >= 15 is 0 Å². The highest BCUT2D eigenvalue weighted by molar-refractivity contribution is 7.13. The molecular formula is C13H14N4O2S. The molecule has 104 valence electrons. The van der Waals surface area contributed by atoms with Gasteiger partial charge in [0.1, 0.15) is 0 Å². The third-order valence-corrected chi connectivity index (χ3v) is 3.19. The van der Waals surface area contributed by atoms with E-state index in [-0.39, 0.29) is 11.8 Å². The highest BCUT2D eigenvalue weighted by Crippen LogP contribution is 2.12. The summed E-state index contributed by atoms with van der Waals surface area (Å²) in [6.07, 6.45) is 0. The first kappa shape index (κ1) is 14.0. The molecule has 0 unspecified atom stereocenters. The molecule has 0 aliphatic rings. The topological polar surface area (TPSA) is 97.1 Å². The Labute approximate surface area is 120 Å². The maximum Gasteiger partial charge on any atom is 0.251 e. The quantitative estimate of drug-likeness (QED) is 0.797. The fourth-order valence-corrected chi connectivity index (χ4v) is 2.15. The molecule has 0 bridgehead atoms. The fourth-order valence-electron chi connectivity index (χ4n) is 1.58. The van der Waals surface area contributed by atoms with Crippen molar-refractivity contribution in [3.05, 3.63) is 40.9 Å². The number of benzene rings is 1. The second-order valence-corrected chi connectivity index (χ2v) is 5.01. The number of thiazole rings is 1. The van der Waals surface area contributed by atoms with Crippen LogP contribution >= 0.6 is 11.3 Å². The van der Waals surface area contributed by atoms with Gasteiger partial charge in [-0.25, -0.2) is 4.98 Å². The van der Waals surface area contributed by atoms with Crippen molar-refractivity contribution >= 4 is 34.0 Å². The monoisotopic (exact) mass is 290 g/mol. The van der Waals surface area contributed by atoms with Crippen molar-refractivity contribution in [1.29, 1.82) is 0 Å². The van der Waals surface area contributed by atoms with Crippen molar-refractivity contribution < 1.29 is 9.59 Å². The van der Waals surface area contributed by atoms with Crippen LogP contribution in [-0.4, -0.2) is 16.8 Å². The summed E-state index contributed by atoms with van der Waals surface area (Å²) in [5.74, 6) is -0.353. The number of hydrogen-bond donors (Lipinski definition) is 3. The van der Waals surface area contributed by atoms with Gasteiger partial charge in [0, 0.05) is 23.6 Å². The van der Waals surface area contributed by atoms with Gasteiger partial charge in [-0.2, -0.15) is 0 Å². The summed E-state index contributed by atoms with van der Waals surface area (Å²) in [7, 11) is 0. The molecule has 6 nitrogen and oxygen atoms in total. The van der Waals surface area contributed by atoms with Crippen LogP contribution in [0, 0.1) is 0 Å². The Morgan fingerprint density at radius 3 is 2.55 bits per heavy atom. The number of nitrogens with one attached hydrogen (secondary N) is 2. The Morgan fingerprint density at radius 2 is 2.00 bits per heavy atom. The Balaban J connectivity index is 1.93. The van der Waals surface area contributed by atoms with Gasteiger partial charge in [-0.05, 0) is 24.3 Å². The number of nitrogens with zero attached hydrogens (tertiary/aromatic N) is 1. The summed E-state index contributed by atoms with van der Waals surface area (Å²) >= 11 is 1.33. The number of amides is 2. The molecule has 0 radical (unpaired) electrons. The van der Waals surface area contributed by atoms with Gasteiger partial charge in [-0.15, -0.1) is 11.3 Å². The molecule has 0 aliphatic heterocycles. The van der Waals surface area contributed by atoms with Crippen molar-refractivity contribution in [3.8, 4) is 0 Å². The predicted molar refractivity (Wildman–Crippen MR) is 78.4 cm³/mol. The number of carbonyl (C=O) groups is 2. The molecule has 0 fully saturated rings. The second kappa shape index (κ2) is 6.16. The SMILES string of the molecule is CC(=O)Nc1ccc(C(=O)NCc2csc(N)n2)cc1. The minimum absolute atomic E-state index is 0.150. The molecule has 2 rings (SSSR count). The minimum atomic E-state index is -0.203. The van der Waals surface area contributed by atoms with E-state index in [4.69, 9.17) is 5.73 Å². The first-order chi connectivity index (χ1) is 9.54. The second-order valence-electron chi connectivity index (χ2n) is 4.12. The van der Waals surface area contributed by atoms with Gasteiger partial charge in [0.15, 0.2) is 5.13 Å². The standard InChI is InChI=1S/C13H14N4O2S/c1-8(18)16-10-4-2-9(3-5-10)12(19)15-6-11-7-20-13(14)17-11/h2-5,7H,6H2,1H3,(H2,14,17)(H,15,19)(H,16,18). The van der Waals surface area contributed by atoms with Crippen molar-refractivity contribution in [2.75, 3.05) is 11.1 Å². The first-order valence-corrected chi connectivity index (χ1v) is 6.78. The van der Waals surface area contributed by atoms with Crippen LogP contribution < -0.4 is 16.4 Å². The summed E-state index contributed by atoms with van der Waals surface area (Å²) in [4.78, 5) is 26.8. The van der Waals surface area contributed by atoms with E-state index < -0.39 is 0 Å². The lowest BCUT2D eigenvalue weighted by molar-refractivity contribution is -0.114. The van der Waals surface area contributed by atoms with Gasteiger partial charge in [-0.3, -0.25) is 9.59 Å². The molecule has 0 spiro atoms. The number of carbonyl (C=O) groups excluding carboxylic acids is 2. The third kappa shape index (κ3) is 3.79.